The van der Waals surface area contributed by atoms with Gasteiger partial charge in [-0.15, -0.1) is 0 Å². The van der Waals surface area contributed by atoms with Gasteiger partial charge in [0, 0.05) is 30.0 Å². The van der Waals surface area contributed by atoms with E-state index in [1.807, 2.05) is 36.4 Å². The molecule has 0 spiro atoms. The number of halogens is 1. The van der Waals surface area contributed by atoms with Gasteiger partial charge in [-0.25, -0.2) is 4.39 Å². The molecule has 0 amide bonds. The van der Waals surface area contributed by atoms with Gasteiger partial charge in [0.1, 0.15) is 5.82 Å². The fourth-order valence-corrected chi connectivity index (χ4v) is 2.32. The molecule has 20 heavy (non-hydrogen) atoms. The van der Waals surface area contributed by atoms with Crippen molar-refractivity contribution in [1.29, 1.82) is 0 Å². The lowest BCUT2D eigenvalue weighted by molar-refractivity contribution is 0.610. The maximum absolute atomic E-state index is 13.9. The van der Waals surface area contributed by atoms with Crippen LogP contribution in [0, 0.1) is 5.82 Å². The third kappa shape index (κ3) is 3.17. The van der Waals surface area contributed by atoms with E-state index in [1.54, 1.807) is 6.07 Å². The third-order valence-corrected chi connectivity index (χ3v) is 3.39. The van der Waals surface area contributed by atoms with Crippen LogP contribution in [-0.4, -0.2) is 6.54 Å². The average molecular weight is 272 g/mol. The first-order valence-electron chi connectivity index (χ1n) is 7.08. The van der Waals surface area contributed by atoms with Gasteiger partial charge in [0.25, 0.3) is 0 Å². The highest BCUT2D eigenvalue weighted by Gasteiger charge is 2.14. The van der Waals surface area contributed by atoms with Crippen LogP contribution in [0.25, 0.3) is 0 Å². The minimum absolute atomic E-state index is 0.206. The lowest BCUT2D eigenvalue weighted by Gasteiger charge is -2.27. The Labute approximate surface area is 120 Å². The Hall–Kier alpha value is -1.87. The summed E-state index contributed by atoms with van der Waals surface area (Å²) < 4.78 is 13.9. The quantitative estimate of drug-likeness (QED) is 0.853. The molecular formula is C17H21FN2. The van der Waals surface area contributed by atoms with Crippen molar-refractivity contribution in [3.8, 4) is 0 Å². The highest BCUT2D eigenvalue weighted by molar-refractivity contribution is 5.66. The normalized spacial score (nSPS) is 10.6. The SMILES string of the molecule is CCCCN(c1ccccc1)c1cccc(F)c1CN. The first-order valence-corrected chi connectivity index (χ1v) is 7.08. The molecule has 0 aliphatic heterocycles. The van der Waals surface area contributed by atoms with Crippen LogP contribution in [0.3, 0.4) is 0 Å². The number of anilines is 2. The maximum atomic E-state index is 13.9. The summed E-state index contributed by atoms with van der Waals surface area (Å²) in [4.78, 5) is 2.15. The van der Waals surface area contributed by atoms with Gasteiger partial charge < -0.3 is 10.6 Å². The van der Waals surface area contributed by atoms with Crippen molar-refractivity contribution in [3.05, 3.63) is 59.9 Å². The molecule has 0 aliphatic rings. The number of rotatable bonds is 6. The van der Waals surface area contributed by atoms with Crippen molar-refractivity contribution in [2.24, 2.45) is 5.73 Å². The van der Waals surface area contributed by atoms with Gasteiger partial charge in [0.2, 0.25) is 0 Å². The molecule has 2 rings (SSSR count). The molecule has 2 N–H and O–H groups in total. The van der Waals surface area contributed by atoms with E-state index >= 15 is 0 Å². The van der Waals surface area contributed by atoms with Gasteiger partial charge in [0.15, 0.2) is 0 Å². The highest BCUT2D eigenvalue weighted by Crippen LogP contribution is 2.30. The van der Waals surface area contributed by atoms with E-state index in [9.17, 15) is 4.39 Å². The van der Waals surface area contributed by atoms with Gasteiger partial charge in [-0.3, -0.25) is 0 Å². The first-order chi connectivity index (χ1) is 9.77. The van der Waals surface area contributed by atoms with Gasteiger partial charge in [-0.05, 0) is 30.7 Å². The molecule has 106 valence electrons. The van der Waals surface area contributed by atoms with E-state index in [-0.39, 0.29) is 12.4 Å². The lowest BCUT2D eigenvalue weighted by atomic mass is 10.1. The maximum Gasteiger partial charge on any atom is 0.129 e. The van der Waals surface area contributed by atoms with E-state index in [4.69, 9.17) is 5.73 Å². The van der Waals surface area contributed by atoms with E-state index in [0.29, 0.717) is 5.56 Å². The number of benzene rings is 2. The molecule has 0 radical (unpaired) electrons. The predicted molar refractivity (Wildman–Crippen MR) is 82.6 cm³/mol. The fourth-order valence-electron chi connectivity index (χ4n) is 2.32. The van der Waals surface area contributed by atoms with Crippen molar-refractivity contribution in [2.75, 3.05) is 11.4 Å². The van der Waals surface area contributed by atoms with Crippen LogP contribution in [0.5, 0.6) is 0 Å². The summed E-state index contributed by atoms with van der Waals surface area (Å²) >= 11 is 0. The van der Waals surface area contributed by atoms with E-state index in [2.05, 4.69) is 11.8 Å². The number of hydrogen-bond donors (Lipinski definition) is 1. The van der Waals surface area contributed by atoms with Crippen molar-refractivity contribution >= 4 is 11.4 Å². The molecule has 0 heterocycles. The zero-order valence-corrected chi connectivity index (χ0v) is 11.8. The highest BCUT2D eigenvalue weighted by atomic mass is 19.1. The zero-order valence-electron chi connectivity index (χ0n) is 11.8. The predicted octanol–water partition coefficient (Wildman–Crippen LogP) is 4.22. The molecule has 2 aromatic rings. The van der Waals surface area contributed by atoms with E-state index < -0.39 is 0 Å². The smallest absolute Gasteiger partial charge is 0.129 e. The fraction of sp³-hybridized carbons (Fsp3) is 0.294. The molecule has 0 fully saturated rings. The molecule has 0 unspecified atom stereocenters. The summed E-state index contributed by atoms with van der Waals surface area (Å²) in [5.41, 5.74) is 8.24. The van der Waals surface area contributed by atoms with E-state index in [1.165, 1.54) is 6.07 Å². The third-order valence-electron chi connectivity index (χ3n) is 3.39. The van der Waals surface area contributed by atoms with Crippen LogP contribution in [0.15, 0.2) is 48.5 Å². The monoisotopic (exact) mass is 272 g/mol. The van der Waals surface area contributed by atoms with Gasteiger partial charge in [-0.2, -0.15) is 0 Å². The van der Waals surface area contributed by atoms with Gasteiger partial charge in [-0.1, -0.05) is 37.6 Å². The number of nitrogens with zero attached hydrogens (tertiary/aromatic N) is 1. The molecule has 0 aliphatic carbocycles. The number of unbranched alkanes of at least 4 members (excludes halogenated alkanes) is 1. The second kappa shape index (κ2) is 7.06. The average Bonchev–Trinajstić information content (AvgIpc) is 2.49. The molecule has 2 aromatic carbocycles. The van der Waals surface area contributed by atoms with Gasteiger partial charge >= 0.3 is 0 Å². The largest absolute Gasteiger partial charge is 0.341 e. The van der Waals surface area contributed by atoms with Crippen molar-refractivity contribution in [3.63, 3.8) is 0 Å². The molecule has 2 nitrogen and oxygen atoms in total. The molecule has 0 atom stereocenters. The molecule has 0 aromatic heterocycles. The Bertz CT molecular complexity index is 540. The van der Waals surface area contributed by atoms with Crippen LogP contribution in [0.4, 0.5) is 15.8 Å². The van der Waals surface area contributed by atoms with Crippen LogP contribution < -0.4 is 10.6 Å². The number of para-hydroxylation sites is 1. The molecule has 0 bridgehead atoms. The Morgan fingerprint density at radius 3 is 2.45 bits per heavy atom. The van der Waals surface area contributed by atoms with Crippen LogP contribution in [0.1, 0.15) is 25.3 Å². The van der Waals surface area contributed by atoms with Crippen LogP contribution in [0.2, 0.25) is 0 Å². The topological polar surface area (TPSA) is 29.3 Å². The summed E-state index contributed by atoms with van der Waals surface area (Å²) in [6, 6.07) is 15.2. The first kappa shape index (κ1) is 14.5. The summed E-state index contributed by atoms with van der Waals surface area (Å²) in [5, 5.41) is 0. The number of nitrogens with two attached hydrogens (primary N) is 1. The molecular weight excluding hydrogens is 251 g/mol. The summed E-state index contributed by atoms with van der Waals surface area (Å²) in [5.74, 6) is -0.234. The van der Waals surface area contributed by atoms with Crippen molar-refractivity contribution in [2.45, 2.75) is 26.3 Å². The minimum Gasteiger partial charge on any atom is -0.341 e. The second-order valence-electron chi connectivity index (χ2n) is 4.78. The molecule has 0 saturated heterocycles. The Morgan fingerprint density at radius 1 is 1.05 bits per heavy atom. The standard InChI is InChI=1S/C17H21FN2/c1-2-3-12-20(14-8-5-4-6-9-14)17-11-7-10-16(18)15(17)13-19/h4-11H,2-3,12-13,19H2,1H3. The number of hydrogen-bond acceptors (Lipinski definition) is 2. The minimum atomic E-state index is -0.234. The Morgan fingerprint density at radius 2 is 1.80 bits per heavy atom. The summed E-state index contributed by atoms with van der Waals surface area (Å²) in [6.07, 6.45) is 2.14. The second-order valence-corrected chi connectivity index (χ2v) is 4.78. The van der Waals surface area contributed by atoms with Gasteiger partial charge in [0.05, 0.1) is 0 Å². The Balaban J connectivity index is 2.44. The van der Waals surface area contributed by atoms with Crippen LogP contribution >= 0.6 is 0 Å². The van der Waals surface area contributed by atoms with E-state index in [0.717, 1.165) is 30.8 Å². The molecule has 3 heteroatoms. The van der Waals surface area contributed by atoms with Crippen LogP contribution in [-0.2, 0) is 6.54 Å². The van der Waals surface area contributed by atoms with Crippen molar-refractivity contribution in [1.82, 2.24) is 0 Å². The zero-order chi connectivity index (χ0) is 14.4. The summed E-state index contributed by atoms with van der Waals surface area (Å²) in [7, 11) is 0. The lowest BCUT2D eigenvalue weighted by Crippen LogP contribution is -2.21. The Kier molecular flexibility index (Phi) is 5.13. The summed E-state index contributed by atoms with van der Waals surface area (Å²) in [6.45, 7) is 3.22. The van der Waals surface area contributed by atoms with Crippen molar-refractivity contribution < 1.29 is 4.39 Å². The molecule has 0 saturated carbocycles.